The number of carbonyl (C=O) groups excluding carboxylic acids is 1. The lowest BCUT2D eigenvalue weighted by Gasteiger charge is -2.35. The number of ether oxygens (including phenoxy) is 1. The SMILES string of the molecule is COC1(C(=O)NCCC(C)(C)C)C=C(C)c2ccc(C(F)(F)F)cc2N1. The molecule has 0 aromatic heterocycles. The van der Waals surface area contributed by atoms with Crippen LogP contribution in [0.2, 0.25) is 0 Å². The Hall–Kier alpha value is -2.02. The van der Waals surface area contributed by atoms with Gasteiger partial charge in [0.2, 0.25) is 5.72 Å². The van der Waals surface area contributed by atoms with Gasteiger partial charge in [-0.15, -0.1) is 0 Å². The van der Waals surface area contributed by atoms with Gasteiger partial charge in [-0.05, 0) is 42.5 Å². The van der Waals surface area contributed by atoms with Crippen molar-refractivity contribution in [2.45, 2.75) is 46.0 Å². The van der Waals surface area contributed by atoms with Gasteiger partial charge in [0.1, 0.15) is 0 Å². The van der Waals surface area contributed by atoms with Crippen LogP contribution in [0.5, 0.6) is 0 Å². The van der Waals surface area contributed by atoms with Crippen LogP contribution in [0.25, 0.3) is 5.57 Å². The van der Waals surface area contributed by atoms with Crippen LogP contribution in [0.4, 0.5) is 18.9 Å². The molecular formula is C19H25F3N2O2. The van der Waals surface area contributed by atoms with Crippen molar-refractivity contribution in [2.75, 3.05) is 19.0 Å². The molecule has 1 aromatic rings. The molecule has 1 aromatic carbocycles. The lowest BCUT2D eigenvalue weighted by atomic mass is 9.92. The molecule has 26 heavy (non-hydrogen) atoms. The third-order valence-electron chi connectivity index (χ3n) is 4.33. The Balaban J connectivity index is 2.29. The first kappa shape index (κ1) is 20.3. The van der Waals surface area contributed by atoms with E-state index in [0.29, 0.717) is 17.7 Å². The third kappa shape index (κ3) is 4.38. The van der Waals surface area contributed by atoms with E-state index in [1.165, 1.54) is 13.2 Å². The summed E-state index contributed by atoms with van der Waals surface area (Å²) in [5, 5.41) is 5.64. The summed E-state index contributed by atoms with van der Waals surface area (Å²) >= 11 is 0. The van der Waals surface area contributed by atoms with E-state index in [2.05, 4.69) is 31.4 Å². The molecule has 1 amide bonds. The summed E-state index contributed by atoms with van der Waals surface area (Å²) in [5.74, 6) is -0.438. The summed E-state index contributed by atoms with van der Waals surface area (Å²) in [6.45, 7) is 8.36. The summed E-state index contributed by atoms with van der Waals surface area (Å²) in [7, 11) is 1.35. The molecule has 0 bridgehead atoms. The molecule has 2 N–H and O–H groups in total. The van der Waals surface area contributed by atoms with Crippen molar-refractivity contribution in [1.82, 2.24) is 5.32 Å². The maximum atomic E-state index is 13.0. The Labute approximate surface area is 151 Å². The lowest BCUT2D eigenvalue weighted by Crippen LogP contribution is -2.54. The predicted molar refractivity (Wildman–Crippen MR) is 95.5 cm³/mol. The van der Waals surface area contributed by atoms with Gasteiger partial charge in [0.15, 0.2) is 0 Å². The Morgan fingerprint density at radius 2 is 1.92 bits per heavy atom. The lowest BCUT2D eigenvalue weighted by molar-refractivity contribution is -0.137. The third-order valence-corrected chi connectivity index (χ3v) is 4.33. The number of halogens is 3. The van der Waals surface area contributed by atoms with E-state index >= 15 is 0 Å². The first-order valence-electron chi connectivity index (χ1n) is 8.41. The molecular weight excluding hydrogens is 345 g/mol. The fourth-order valence-corrected chi connectivity index (χ4v) is 2.79. The van der Waals surface area contributed by atoms with Gasteiger partial charge in [-0.2, -0.15) is 13.2 Å². The summed E-state index contributed by atoms with van der Waals surface area (Å²) in [6, 6.07) is 3.43. The highest BCUT2D eigenvalue weighted by Gasteiger charge is 2.41. The van der Waals surface area contributed by atoms with Crippen LogP contribution in [0.15, 0.2) is 24.3 Å². The van der Waals surface area contributed by atoms with Gasteiger partial charge in [-0.25, -0.2) is 0 Å². The zero-order valence-electron chi connectivity index (χ0n) is 15.7. The van der Waals surface area contributed by atoms with Crippen molar-refractivity contribution in [1.29, 1.82) is 0 Å². The van der Waals surface area contributed by atoms with Crippen molar-refractivity contribution < 1.29 is 22.7 Å². The molecule has 1 atom stereocenters. The normalized spacial score (nSPS) is 20.1. The maximum absolute atomic E-state index is 13.0. The average Bonchev–Trinajstić information content (AvgIpc) is 2.51. The summed E-state index contributed by atoms with van der Waals surface area (Å²) in [5.41, 5.74) is -0.787. The van der Waals surface area contributed by atoms with Crippen LogP contribution in [-0.2, 0) is 15.7 Å². The van der Waals surface area contributed by atoms with Gasteiger partial charge in [0.25, 0.3) is 5.91 Å². The van der Waals surface area contributed by atoms with Crippen LogP contribution in [-0.4, -0.2) is 25.3 Å². The number of hydrogen-bond acceptors (Lipinski definition) is 3. The fourth-order valence-electron chi connectivity index (χ4n) is 2.79. The van der Waals surface area contributed by atoms with E-state index in [1.807, 2.05) is 0 Å². The number of allylic oxidation sites excluding steroid dienone is 1. The quantitative estimate of drug-likeness (QED) is 0.824. The fraction of sp³-hybridized carbons (Fsp3) is 0.526. The maximum Gasteiger partial charge on any atom is 0.416 e. The van der Waals surface area contributed by atoms with Crippen LogP contribution in [0.3, 0.4) is 0 Å². The van der Waals surface area contributed by atoms with E-state index in [9.17, 15) is 18.0 Å². The second-order valence-corrected chi connectivity index (χ2v) is 7.72. The highest BCUT2D eigenvalue weighted by molar-refractivity contribution is 5.96. The number of methoxy groups -OCH3 is 1. The summed E-state index contributed by atoms with van der Waals surface area (Å²) in [6.07, 6.45) is -2.11. The van der Waals surface area contributed by atoms with E-state index in [1.54, 1.807) is 13.0 Å². The zero-order chi connectivity index (χ0) is 19.8. The van der Waals surface area contributed by atoms with Crippen LogP contribution in [0.1, 0.15) is 45.2 Å². The topological polar surface area (TPSA) is 50.4 Å². The second-order valence-electron chi connectivity index (χ2n) is 7.72. The number of fused-ring (bicyclic) bond motifs is 1. The summed E-state index contributed by atoms with van der Waals surface area (Å²) < 4.78 is 44.4. The first-order chi connectivity index (χ1) is 11.9. The number of hydrogen-bond donors (Lipinski definition) is 2. The molecule has 1 aliphatic heterocycles. The molecule has 144 valence electrons. The molecule has 0 spiro atoms. The van der Waals surface area contributed by atoms with Crippen molar-refractivity contribution in [3.8, 4) is 0 Å². The van der Waals surface area contributed by atoms with Gasteiger partial charge in [-0.1, -0.05) is 26.8 Å². The Kier molecular flexibility index (Phi) is 5.42. The van der Waals surface area contributed by atoms with E-state index in [4.69, 9.17) is 4.74 Å². The molecule has 1 heterocycles. The molecule has 0 saturated carbocycles. The molecule has 1 aliphatic rings. The highest BCUT2D eigenvalue weighted by atomic mass is 19.4. The van der Waals surface area contributed by atoms with Gasteiger partial charge in [0.05, 0.1) is 5.56 Å². The molecule has 0 radical (unpaired) electrons. The molecule has 1 unspecified atom stereocenters. The smallest absolute Gasteiger partial charge is 0.352 e. The van der Waals surface area contributed by atoms with E-state index in [0.717, 1.165) is 18.6 Å². The van der Waals surface area contributed by atoms with E-state index < -0.39 is 23.4 Å². The molecule has 2 rings (SSSR count). The number of nitrogens with one attached hydrogen (secondary N) is 2. The van der Waals surface area contributed by atoms with Crippen molar-refractivity contribution in [3.05, 3.63) is 35.4 Å². The predicted octanol–water partition coefficient (Wildman–Crippen LogP) is 4.43. The minimum atomic E-state index is -4.46. The molecule has 4 nitrogen and oxygen atoms in total. The van der Waals surface area contributed by atoms with Crippen LogP contribution < -0.4 is 10.6 Å². The monoisotopic (exact) mass is 370 g/mol. The Morgan fingerprint density at radius 3 is 2.46 bits per heavy atom. The molecule has 0 fully saturated rings. The van der Waals surface area contributed by atoms with Gasteiger partial charge in [0, 0.05) is 24.9 Å². The standard InChI is InChI=1S/C19H25F3N2O2/c1-12-11-18(26-5,16(25)23-9-8-17(2,3)4)24-15-10-13(19(20,21)22)6-7-14(12)15/h6-7,10-11,24H,8-9H2,1-5H3,(H,23,25). The van der Waals surface area contributed by atoms with Gasteiger partial charge in [-0.3, -0.25) is 4.79 Å². The van der Waals surface area contributed by atoms with Crippen LogP contribution >= 0.6 is 0 Å². The second kappa shape index (κ2) is 6.95. The number of alkyl halides is 3. The first-order valence-corrected chi connectivity index (χ1v) is 8.41. The van der Waals surface area contributed by atoms with Crippen molar-refractivity contribution in [2.24, 2.45) is 5.41 Å². The molecule has 7 heteroatoms. The average molecular weight is 370 g/mol. The Morgan fingerprint density at radius 1 is 1.27 bits per heavy atom. The van der Waals surface area contributed by atoms with Gasteiger partial charge >= 0.3 is 6.18 Å². The minimum Gasteiger partial charge on any atom is -0.352 e. The van der Waals surface area contributed by atoms with Gasteiger partial charge < -0.3 is 15.4 Å². The van der Waals surface area contributed by atoms with Crippen molar-refractivity contribution >= 4 is 17.2 Å². The highest BCUT2D eigenvalue weighted by Crippen LogP contribution is 2.38. The molecule has 0 aliphatic carbocycles. The minimum absolute atomic E-state index is 0.0491. The number of amides is 1. The number of benzene rings is 1. The molecule has 0 saturated heterocycles. The number of carbonyl (C=O) groups is 1. The zero-order valence-corrected chi connectivity index (χ0v) is 15.7. The number of anilines is 1. The van der Waals surface area contributed by atoms with Crippen molar-refractivity contribution in [3.63, 3.8) is 0 Å². The Bertz CT molecular complexity index is 720. The van der Waals surface area contributed by atoms with Crippen LogP contribution in [0, 0.1) is 5.41 Å². The van der Waals surface area contributed by atoms with E-state index in [-0.39, 0.29) is 11.1 Å². The summed E-state index contributed by atoms with van der Waals surface area (Å²) in [4.78, 5) is 12.7. The largest absolute Gasteiger partial charge is 0.416 e. The number of rotatable bonds is 4.